The van der Waals surface area contributed by atoms with Gasteiger partial charge < -0.3 is 15.0 Å². The summed E-state index contributed by atoms with van der Waals surface area (Å²) in [7, 11) is 0. The van der Waals surface area contributed by atoms with E-state index < -0.39 is 0 Å². The number of hydrogen-bond acceptors (Lipinski definition) is 4. The van der Waals surface area contributed by atoms with Gasteiger partial charge in [-0.1, -0.05) is 22.0 Å². The number of thiazole rings is 1. The van der Waals surface area contributed by atoms with Crippen molar-refractivity contribution in [3.8, 4) is 0 Å². The highest BCUT2D eigenvalue weighted by Gasteiger charge is 2.30. The number of anilines is 1. The van der Waals surface area contributed by atoms with Gasteiger partial charge in [-0.05, 0) is 31.5 Å². The fourth-order valence-corrected chi connectivity index (χ4v) is 3.71. The maximum absolute atomic E-state index is 12.7. The lowest BCUT2D eigenvalue weighted by Gasteiger charge is -2.34. The summed E-state index contributed by atoms with van der Waals surface area (Å²) >= 11 is 5.06. The molecule has 2 aromatic rings. The normalized spacial score (nSPS) is 18.0. The van der Waals surface area contributed by atoms with Gasteiger partial charge in [0.2, 0.25) is 0 Å². The van der Waals surface area contributed by atoms with Crippen LogP contribution in [-0.2, 0) is 4.74 Å². The van der Waals surface area contributed by atoms with Gasteiger partial charge >= 0.3 is 6.03 Å². The first-order valence-corrected chi connectivity index (χ1v) is 9.05. The number of nitrogens with zero attached hydrogens (tertiary/aromatic N) is 2. The van der Waals surface area contributed by atoms with Crippen molar-refractivity contribution in [1.82, 2.24) is 9.88 Å². The second-order valence-electron chi connectivity index (χ2n) is 5.51. The largest absolute Gasteiger partial charge is 0.377 e. The predicted molar refractivity (Wildman–Crippen MR) is 95.0 cm³/mol. The maximum atomic E-state index is 12.7. The summed E-state index contributed by atoms with van der Waals surface area (Å²) in [6.45, 7) is 5.56. The van der Waals surface area contributed by atoms with Crippen LogP contribution in [0.15, 0.2) is 28.1 Å². The number of hydrogen-bond donors (Lipinski definition) is 1. The van der Waals surface area contributed by atoms with E-state index >= 15 is 0 Å². The Kier molecular flexibility index (Phi) is 4.99. The van der Waals surface area contributed by atoms with Crippen molar-refractivity contribution in [3.05, 3.63) is 44.3 Å². The maximum Gasteiger partial charge on any atom is 0.322 e. The minimum absolute atomic E-state index is 0.123. The van der Waals surface area contributed by atoms with Crippen LogP contribution in [0.2, 0.25) is 0 Å². The van der Waals surface area contributed by atoms with Gasteiger partial charge in [0.05, 0.1) is 13.2 Å². The van der Waals surface area contributed by atoms with Gasteiger partial charge in [0.15, 0.2) is 0 Å². The van der Waals surface area contributed by atoms with Gasteiger partial charge in [-0.15, -0.1) is 11.3 Å². The molecule has 1 fully saturated rings. The molecule has 2 amide bonds. The molecule has 0 spiro atoms. The summed E-state index contributed by atoms with van der Waals surface area (Å²) < 4.78 is 6.53. The van der Waals surface area contributed by atoms with Crippen LogP contribution in [0.3, 0.4) is 0 Å². The van der Waals surface area contributed by atoms with Crippen LogP contribution in [0.5, 0.6) is 0 Å². The first kappa shape index (κ1) is 16.4. The molecule has 1 aromatic heterocycles. The van der Waals surface area contributed by atoms with Crippen LogP contribution in [0.1, 0.15) is 22.3 Å². The number of rotatable bonds is 2. The smallest absolute Gasteiger partial charge is 0.322 e. The van der Waals surface area contributed by atoms with Gasteiger partial charge in [-0.25, -0.2) is 9.78 Å². The Morgan fingerprint density at radius 3 is 3.00 bits per heavy atom. The highest BCUT2D eigenvalue weighted by molar-refractivity contribution is 9.10. The van der Waals surface area contributed by atoms with E-state index in [4.69, 9.17) is 4.74 Å². The SMILES string of the molecule is Cc1csc(C2COCCN2C(=O)Nc2ccc(C)c(Br)c2)n1. The number of benzene rings is 1. The van der Waals surface area contributed by atoms with Crippen LogP contribution < -0.4 is 5.32 Å². The van der Waals surface area contributed by atoms with Crippen molar-refractivity contribution in [2.75, 3.05) is 25.1 Å². The van der Waals surface area contributed by atoms with Crippen molar-refractivity contribution in [3.63, 3.8) is 0 Å². The quantitative estimate of drug-likeness (QED) is 0.831. The Balaban J connectivity index is 1.77. The molecule has 1 saturated heterocycles. The van der Waals surface area contributed by atoms with Gasteiger partial charge in [-0.3, -0.25) is 0 Å². The molecule has 1 aliphatic heterocycles. The first-order chi connectivity index (χ1) is 11.0. The molecule has 0 saturated carbocycles. The number of halogens is 1. The standard InChI is InChI=1S/C16H18BrN3O2S/c1-10-3-4-12(7-13(10)17)19-16(21)20-5-6-22-8-14(20)15-18-11(2)9-23-15/h3-4,7,9,14H,5-6,8H2,1-2H3,(H,19,21). The van der Waals surface area contributed by atoms with E-state index in [1.807, 2.05) is 37.4 Å². The monoisotopic (exact) mass is 395 g/mol. The van der Waals surface area contributed by atoms with Crippen LogP contribution in [-0.4, -0.2) is 35.7 Å². The van der Waals surface area contributed by atoms with E-state index in [2.05, 4.69) is 26.2 Å². The highest BCUT2D eigenvalue weighted by atomic mass is 79.9. The third-order valence-electron chi connectivity index (χ3n) is 3.73. The Morgan fingerprint density at radius 1 is 1.48 bits per heavy atom. The number of morpholine rings is 1. The second kappa shape index (κ2) is 6.98. The predicted octanol–water partition coefficient (Wildman–Crippen LogP) is 4.13. The zero-order valence-electron chi connectivity index (χ0n) is 13.0. The van der Waals surface area contributed by atoms with E-state index in [9.17, 15) is 4.79 Å². The molecule has 0 aliphatic carbocycles. The lowest BCUT2D eigenvalue weighted by atomic mass is 10.2. The molecule has 5 nitrogen and oxygen atoms in total. The molecule has 2 heterocycles. The summed E-state index contributed by atoms with van der Waals surface area (Å²) in [6.07, 6.45) is 0. The summed E-state index contributed by atoms with van der Waals surface area (Å²) in [5.41, 5.74) is 2.87. The van der Waals surface area contributed by atoms with Crippen LogP contribution in [0.25, 0.3) is 0 Å². The number of nitrogens with one attached hydrogen (secondary N) is 1. The Hall–Kier alpha value is -1.44. The number of aromatic nitrogens is 1. The topological polar surface area (TPSA) is 54.5 Å². The fourth-order valence-electron chi connectivity index (χ4n) is 2.44. The number of aryl methyl sites for hydroxylation is 2. The molecule has 1 N–H and O–H groups in total. The number of carbonyl (C=O) groups excluding carboxylic acids is 1. The van der Waals surface area contributed by atoms with Gasteiger partial charge in [0, 0.05) is 27.8 Å². The molecule has 1 atom stereocenters. The molecule has 1 aliphatic rings. The minimum atomic E-state index is -0.128. The molecule has 1 unspecified atom stereocenters. The summed E-state index contributed by atoms with van der Waals surface area (Å²) in [5.74, 6) is 0. The van der Waals surface area contributed by atoms with E-state index in [0.717, 1.165) is 26.4 Å². The van der Waals surface area contributed by atoms with Gasteiger partial charge in [0.1, 0.15) is 11.0 Å². The Labute approximate surface area is 147 Å². The molecule has 1 aromatic carbocycles. The highest BCUT2D eigenvalue weighted by Crippen LogP contribution is 2.28. The molecule has 23 heavy (non-hydrogen) atoms. The number of amides is 2. The van der Waals surface area contributed by atoms with Crippen LogP contribution in [0.4, 0.5) is 10.5 Å². The molecule has 0 bridgehead atoms. The second-order valence-corrected chi connectivity index (χ2v) is 7.25. The van der Waals surface area contributed by atoms with E-state index in [1.165, 1.54) is 0 Å². The third kappa shape index (κ3) is 3.73. The number of ether oxygens (including phenoxy) is 1. The average Bonchev–Trinajstić information content (AvgIpc) is 2.97. The molecule has 0 radical (unpaired) electrons. The van der Waals surface area contributed by atoms with Crippen molar-refractivity contribution >= 4 is 39.0 Å². The lowest BCUT2D eigenvalue weighted by molar-refractivity contribution is 0.0147. The molecule has 7 heteroatoms. The number of carbonyl (C=O) groups is 1. The zero-order valence-corrected chi connectivity index (χ0v) is 15.4. The fraction of sp³-hybridized carbons (Fsp3) is 0.375. The first-order valence-electron chi connectivity index (χ1n) is 7.38. The van der Waals surface area contributed by atoms with Gasteiger partial charge in [-0.2, -0.15) is 0 Å². The van der Waals surface area contributed by atoms with E-state index in [-0.39, 0.29) is 12.1 Å². The molecular weight excluding hydrogens is 378 g/mol. The minimum Gasteiger partial charge on any atom is -0.377 e. The third-order valence-corrected chi connectivity index (χ3v) is 5.65. The molecule has 3 rings (SSSR count). The van der Waals surface area contributed by atoms with E-state index in [0.29, 0.717) is 19.8 Å². The van der Waals surface area contributed by atoms with Crippen LogP contribution in [0, 0.1) is 13.8 Å². The molecular formula is C16H18BrN3O2S. The summed E-state index contributed by atoms with van der Waals surface area (Å²) in [6, 6.07) is 5.54. The lowest BCUT2D eigenvalue weighted by Crippen LogP contribution is -2.45. The molecule has 122 valence electrons. The average molecular weight is 396 g/mol. The zero-order chi connectivity index (χ0) is 16.4. The van der Waals surface area contributed by atoms with Crippen LogP contribution >= 0.6 is 27.3 Å². The van der Waals surface area contributed by atoms with Crippen molar-refractivity contribution in [2.45, 2.75) is 19.9 Å². The number of urea groups is 1. The summed E-state index contributed by atoms with van der Waals surface area (Å²) in [5, 5.41) is 5.88. The van der Waals surface area contributed by atoms with E-state index in [1.54, 1.807) is 16.2 Å². The Morgan fingerprint density at radius 2 is 2.30 bits per heavy atom. The van der Waals surface area contributed by atoms with Crippen molar-refractivity contribution in [2.24, 2.45) is 0 Å². The Bertz CT molecular complexity index is 719. The van der Waals surface area contributed by atoms with Gasteiger partial charge in [0.25, 0.3) is 0 Å². The van der Waals surface area contributed by atoms with Crippen molar-refractivity contribution < 1.29 is 9.53 Å². The summed E-state index contributed by atoms with van der Waals surface area (Å²) in [4.78, 5) is 19.0. The van der Waals surface area contributed by atoms with Crippen molar-refractivity contribution in [1.29, 1.82) is 0 Å².